The highest BCUT2D eigenvalue weighted by molar-refractivity contribution is 5.87. The van der Waals surface area contributed by atoms with E-state index in [-0.39, 0.29) is 5.69 Å². The molecule has 168 valence electrons. The molecule has 5 rings (SSSR count). The Balaban J connectivity index is 1.42. The molecule has 0 saturated carbocycles. The summed E-state index contributed by atoms with van der Waals surface area (Å²) in [6, 6.07) is 18.1. The van der Waals surface area contributed by atoms with Crippen molar-refractivity contribution in [1.82, 2.24) is 19.0 Å². The molecule has 1 aliphatic heterocycles. The predicted molar refractivity (Wildman–Crippen MR) is 127 cm³/mol. The van der Waals surface area contributed by atoms with Crippen molar-refractivity contribution in [3.05, 3.63) is 93.8 Å². The van der Waals surface area contributed by atoms with Gasteiger partial charge in [0.2, 0.25) is 0 Å². The molecule has 0 atom stereocenters. The van der Waals surface area contributed by atoms with E-state index >= 15 is 0 Å². The minimum Gasteiger partial charge on any atom is -0.465 e. The van der Waals surface area contributed by atoms with Gasteiger partial charge < -0.3 is 14.6 Å². The van der Waals surface area contributed by atoms with Gasteiger partial charge in [-0.1, -0.05) is 36.4 Å². The van der Waals surface area contributed by atoms with E-state index in [1.54, 1.807) is 10.8 Å². The van der Waals surface area contributed by atoms with Crippen LogP contribution in [-0.2, 0) is 32.7 Å². The maximum Gasteiger partial charge on any atom is 0.407 e. The molecule has 7 nitrogen and oxygen atoms in total. The quantitative estimate of drug-likeness (QED) is 0.524. The van der Waals surface area contributed by atoms with Crippen molar-refractivity contribution in [2.45, 2.75) is 25.7 Å². The molecule has 1 N–H and O–H groups in total. The molecule has 2 aromatic carbocycles. The number of carboxylic acid groups (broad SMARTS) is 1. The zero-order valence-electron chi connectivity index (χ0n) is 18.6. The van der Waals surface area contributed by atoms with E-state index in [0.29, 0.717) is 25.9 Å². The molecule has 0 unspecified atom stereocenters. The molecular formula is C26H26N4O3. The van der Waals surface area contributed by atoms with Crippen LogP contribution in [0.2, 0.25) is 0 Å². The van der Waals surface area contributed by atoms with Crippen molar-refractivity contribution >= 4 is 17.0 Å². The number of amides is 1. The second kappa shape index (κ2) is 8.58. The fourth-order valence-electron chi connectivity index (χ4n) is 4.79. The molecule has 4 aromatic rings. The molecular weight excluding hydrogens is 416 g/mol. The van der Waals surface area contributed by atoms with Gasteiger partial charge in [-0.15, -0.1) is 0 Å². The predicted octanol–water partition coefficient (Wildman–Crippen LogP) is 3.59. The van der Waals surface area contributed by atoms with E-state index in [9.17, 15) is 14.7 Å². The van der Waals surface area contributed by atoms with Crippen LogP contribution in [0.5, 0.6) is 0 Å². The number of fused-ring (bicyclic) bond motifs is 3. The van der Waals surface area contributed by atoms with Crippen LogP contribution in [-0.4, -0.2) is 43.3 Å². The number of nitrogens with zero attached hydrogens (tertiary/aromatic N) is 4. The van der Waals surface area contributed by atoms with Gasteiger partial charge >= 0.3 is 11.8 Å². The minimum atomic E-state index is -0.867. The lowest BCUT2D eigenvalue weighted by molar-refractivity contribution is 0.147. The second-order valence-electron chi connectivity index (χ2n) is 8.51. The average molecular weight is 443 g/mol. The number of hydrogen-bond donors (Lipinski definition) is 1. The van der Waals surface area contributed by atoms with Crippen molar-refractivity contribution < 1.29 is 9.90 Å². The Hall–Kier alpha value is -3.87. The Bertz CT molecular complexity index is 1390. The lowest BCUT2D eigenvalue weighted by Gasteiger charge is -2.16. The van der Waals surface area contributed by atoms with E-state index < -0.39 is 6.09 Å². The molecule has 7 heteroatoms. The largest absolute Gasteiger partial charge is 0.465 e. The number of aromatic nitrogens is 3. The lowest BCUT2D eigenvalue weighted by atomic mass is 10.1. The highest BCUT2D eigenvalue weighted by Crippen LogP contribution is 2.30. The fraction of sp³-hybridized carbons (Fsp3) is 0.269. The van der Waals surface area contributed by atoms with E-state index in [2.05, 4.69) is 21.7 Å². The van der Waals surface area contributed by atoms with E-state index in [1.807, 2.05) is 49.5 Å². The van der Waals surface area contributed by atoms with Crippen LogP contribution in [0.25, 0.3) is 16.6 Å². The molecule has 0 bridgehead atoms. The van der Waals surface area contributed by atoms with Gasteiger partial charge in [0.1, 0.15) is 0 Å². The van der Waals surface area contributed by atoms with E-state index in [1.165, 1.54) is 16.0 Å². The Morgan fingerprint density at radius 2 is 1.82 bits per heavy atom. The van der Waals surface area contributed by atoms with Gasteiger partial charge in [0.15, 0.2) is 0 Å². The molecule has 0 saturated heterocycles. The van der Waals surface area contributed by atoms with Gasteiger partial charge in [-0.05, 0) is 48.6 Å². The summed E-state index contributed by atoms with van der Waals surface area (Å²) in [7, 11) is 2.01. The molecule has 2 aromatic heterocycles. The summed E-state index contributed by atoms with van der Waals surface area (Å²) in [6.07, 6.45) is 3.87. The SMILES string of the molecule is Cn1c2c(c3ccc(-n4ccc(CCc5ccccc5)nc4=O)cc31)CCN(C(=O)O)CC2. The third-order valence-electron chi connectivity index (χ3n) is 6.59. The van der Waals surface area contributed by atoms with Crippen LogP contribution in [0.4, 0.5) is 4.79 Å². The van der Waals surface area contributed by atoms with Crippen LogP contribution < -0.4 is 5.69 Å². The summed E-state index contributed by atoms with van der Waals surface area (Å²) in [4.78, 5) is 30.0. The number of hydrogen-bond acceptors (Lipinski definition) is 3. The summed E-state index contributed by atoms with van der Waals surface area (Å²) in [5.74, 6) is 0. The minimum absolute atomic E-state index is 0.284. The summed E-state index contributed by atoms with van der Waals surface area (Å²) in [5.41, 5.74) is 5.91. The first kappa shape index (κ1) is 21.0. The van der Waals surface area contributed by atoms with E-state index in [4.69, 9.17) is 0 Å². The monoisotopic (exact) mass is 442 g/mol. The first-order valence-electron chi connectivity index (χ1n) is 11.2. The Morgan fingerprint density at radius 3 is 2.58 bits per heavy atom. The molecule has 3 heterocycles. The molecule has 0 spiro atoms. The van der Waals surface area contributed by atoms with Gasteiger partial charge in [0, 0.05) is 49.5 Å². The highest BCUT2D eigenvalue weighted by Gasteiger charge is 2.23. The topological polar surface area (TPSA) is 80.4 Å². The van der Waals surface area contributed by atoms with Gasteiger partial charge in [0.05, 0.1) is 11.2 Å². The smallest absolute Gasteiger partial charge is 0.407 e. The van der Waals surface area contributed by atoms with Crippen molar-refractivity contribution in [3.8, 4) is 5.69 Å². The van der Waals surface area contributed by atoms with Gasteiger partial charge in [-0.2, -0.15) is 4.98 Å². The van der Waals surface area contributed by atoms with Crippen molar-refractivity contribution in [2.75, 3.05) is 13.1 Å². The van der Waals surface area contributed by atoms with E-state index in [0.717, 1.165) is 40.8 Å². The number of aryl methyl sites for hydroxylation is 3. The third kappa shape index (κ3) is 4.02. The zero-order chi connectivity index (χ0) is 22.9. The molecule has 0 fully saturated rings. The van der Waals surface area contributed by atoms with Crippen LogP contribution in [0.15, 0.2) is 65.6 Å². The molecule has 1 amide bonds. The van der Waals surface area contributed by atoms with Crippen LogP contribution in [0, 0.1) is 0 Å². The van der Waals surface area contributed by atoms with Crippen molar-refractivity contribution in [3.63, 3.8) is 0 Å². The standard InChI is InChI=1S/C26H26N4O3/c1-28-23-13-15-29(26(32)33)14-12-22(23)21-10-9-20(17-24(21)28)30-16-11-19(27-25(30)31)8-7-18-5-3-2-4-6-18/h2-6,9-11,16-17H,7-8,12-15H2,1H3,(H,32,33). The van der Waals surface area contributed by atoms with Gasteiger partial charge in [0.25, 0.3) is 0 Å². The molecule has 33 heavy (non-hydrogen) atoms. The molecule has 0 aliphatic carbocycles. The Labute approximate surface area is 191 Å². The summed E-state index contributed by atoms with van der Waals surface area (Å²) in [6.45, 7) is 0.990. The van der Waals surface area contributed by atoms with Crippen molar-refractivity contribution in [1.29, 1.82) is 0 Å². The number of carbonyl (C=O) groups is 1. The van der Waals surface area contributed by atoms with Crippen LogP contribution in [0.3, 0.4) is 0 Å². The summed E-state index contributed by atoms with van der Waals surface area (Å²) >= 11 is 0. The van der Waals surface area contributed by atoms with Crippen molar-refractivity contribution in [2.24, 2.45) is 7.05 Å². The maximum atomic E-state index is 12.8. The van der Waals surface area contributed by atoms with Crippen LogP contribution >= 0.6 is 0 Å². The molecule has 0 radical (unpaired) electrons. The average Bonchev–Trinajstić information content (AvgIpc) is 2.96. The first-order valence-corrected chi connectivity index (χ1v) is 11.2. The fourth-order valence-corrected chi connectivity index (χ4v) is 4.79. The van der Waals surface area contributed by atoms with Gasteiger partial charge in [-0.3, -0.25) is 4.57 Å². The Morgan fingerprint density at radius 1 is 1.03 bits per heavy atom. The zero-order valence-corrected chi connectivity index (χ0v) is 18.6. The normalized spacial score (nSPS) is 13.7. The highest BCUT2D eigenvalue weighted by atomic mass is 16.4. The first-order chi connectivity index (χ1) is 16.0. The third-order valence-corrected chi connectivity index (χ3v) is 6.59. The van der Waals surface area contributed by atoms with Crippen LogP contribution in [0.1, 0.15) is 22.5 Å². The lowest BCUT2D eigenvalue weighted by Crippen LogP contribution is -2.31. The summed E-state index contributed by atoms with van der Waals surface area (Å²) < 4.78 is 3.71. The molecule has 1 aliphatic rings. The Kier molecular flexibility index (Phi) is 5.46. The maximum absolute atomic E-state index is 12.8. The number of benzene rings is 2. The summed E-state index contributed by atoms with van der Waals surface area (Å²) in [5, 5.41) is 10.5. The second-order valence-corrected chi connectivity index (χ2v) is 8.51. The number of rotatable bonds is 4. The van der Waals surface area contributed by atoms with Gasteiger partial charge in [-0.25, -0.2) is 9.59 Å².